The summed E-state index contributed by atoms with van der Waals surface area (Å²) in [6.45, 7) is 0. The third kappa shape index (κ3) is 3.94. The predicted octanol–water partition coefficient (Wildman–Crippen LogP) is 5.33. The van der Waals surface area contributed by atoms with Gasteiger partial charge < -0.3 is 9.34 Å². The van der Waals surface area contributed by atoms with Crippen LogP contribution in [0, 0.1) is 0 Å². The number of carbonyl (C=O) groups is 2. The number of rotatable bonds is 5. The van der Waals surface area contributed by atoms with Crippen molar-refractivity contribution in [1.29, 1.82) is 0 Å². The van der Waals surface area contributed by atoms with Crippen molar-refractivity contribution >= 4 is 55.6 Å². The smallest absolute Gasteiger partial charge is 0.246 e. The van der Waals surface area contributed by atoms with Gasteiger partial charge >= 0.3 is 0 Å². The topological polar surface area (TPSA) is 43.9 Å². The van der Waals surface area contributed by atoms with Crippen LogP contribution in [0.2, 0.25) is 0 Å². The van der Waals surface area contributed by atoms with Crippen LogP contribution in [0.1, 0.15) is 0 Å². The molecule has 7 heteroatoms. The number of hydrogen-bond donors (Lipinski definition) is 0. The van der Waals surface area contributed by atoms with Gasteiger partial charge in [0.15, 0.2) is 0 Å². The number of hydrogen-bond acceptors (Lipinski definition) is 4. The number of imide groups is 1. The van der Waals surface area contributed by atoms with Crippen molar-refractivity contribution in [1.82, 2.24) is 0 Å². The Morgan fingerprint density at radius 3 is 1.51 bits per heavy atom. The lowest BCUT2D eigenvalue weighted by Crippen LogP contribution is -2.38. The summed E-state index contributed by atoms with van der Waals surface area (Å²) in [5.74, 6) is -0.224. The molecule has 0 saturated carbocycles. The number of nitrogens with zero attached hydrogens (tertiary/aromatic N) is 3. The molecule has 2 atom stereocenters. The Morgan fingerprint density at radius 1 is 0.595 bits per heavy atom. The largest absolute Gasteiger partial charge is 0.334 e. The van der Waals surface area contributed by atoms with Crippen LogP contribution in [-0.2, 0) is 9.59 Å². The molecular weight excluding hydrogens is 496 g/mol. The lowest BCUT2D eigenvalue weighted by atomic mass is 10.3. The molecule has 37 heavy (non-hydrogen) atoms. The second-order valence-corrected chi connectivity index (χ2v) is 13.9. The van der Waals surface area contributed by atoms with Crippen LogP contribution in [0.25, 0.3) is 0 Å². The Kier molecular flexibility index (Phi) is 6.28. The van der Waals surface area contributed by atoms with Crippen molar-refractivity contribution in [3.05, 3.63) is 115 Å². The third-order valence-electron chi connectivity index (χ3n) is 7.05. The lowest BCUT2D eigenvalue weighted by molar-refractivity contribution is -0.121. The molecule has 4 aromatic carbocycles. The van der Waals surface area contributed by atoms with E-state index in [-0.39, 0.29) is 11.8 Å². The molecule has 0 aliphatic carbocycles. The summed E-state index contributed by atoms with van der Waals surface area (Å²) >= 11 is 0. The average Bonchev–Trinajstić information content (AvgIpc) is 3.34. The lowest BCUT2D eigenvalue weighted by Gasteiger charge is -2.35. The number of para-hydroxylation sites is 3. The summed E-state index contributed by atoms with van der Waals surface area (Å²) in [5, 5.41) is 2.21. The van der Waals surface area contributed by atoms with Crippen molar-refractivity contribution < 1.29 is 9.59 Å². The van der Waals surface area contributed by atoms with Crippen molar-refractivity contribution in [2.75, 3.05) is 28.3 Å². The first-order valence-electron chi connectivity index (χ1n) is 12.3. The van der Waals surface area contributed by atoms with Gasteiger partial charge in [0.2, 0.25) is 11.8 Å². The Bertz CT molecular complexity index is 1370. The van der Waals surface area contributed by atoms with Crippen LogP contribution < -0.4 is 24.8 Å². The molecule has 5 nitrogen and oxygen atoms in total. The molecular formula is C30H27N3O2P2. The van der Waals surface area contributed by atoms with Gasteiger partial charge in [0, 0.05) is 14.1 Å². The van der Waals surface area contributed by atoms with Gasteiger partial charge in [-0.05, 0) is 42.8 Å². The number of benzene rings is 4. The Hall–Kier alpha value is -3.52. The maximum Gasteiger partial charge on any atom is 0.246 e. The molecule has 2 aliphatic heterocycles. The maximum absolute atomic E-state index is 14.5. The molecule has 2 aliphatic rings. The monoisotopic (exact) mass is 523 g/mol. The van der Waals surface area contributed by atoms with Crippen molar-refractivity contribution in [3.63, 3.8) is 0 Å². The fraction of sp³-hybridized carbons (Fsp3) is 0.133. The van der Waals surface area contributed by atoms with E-state index in [1.807, 2.05) is 78.9 Å². The first kappa shape index (κ1) is 23.9. The fourth-order valence-corrected chi connectivity index (χ4v) is 11.5. The van der Waals surface area contributed by atoms with Crippen LogP contribution in [0.15, 0.2) is 115 Å². The van der Waals surface area contributed by atoms with Crippen LogP contribution >= 0.6 is 16.1 Å². The number of carbonyl (C=O) groups excluding carboxylic acids is 2. The number of fused-ring (bicyclic) bond motifs is 1. The van der Waals surface area contributed by atoms with Gasteiger partial charge in [-0.2, -0.15) is 0 Å². The molecule has 0 radical (unpaired) electrons. The minimum atomic E-state index is -1.16. The van der Waals surface area contributed by atoms with Gasteiger partial charge in [0.1, 0.15) is 13.9 Å². The van der Waals surface area contributed by atoms with Gasteiger partial charge in [-0.1, -0.05) is 91.0 Å². The molecule has 0 N–H and O–H groups in total. The second kappa shape index (κ2) is 9.74. The summed E-state index contributed by atoms with van der Waals surface area (Å²) in [7, 11) is 1.80. The van der Waals surface area contributed by atoms with Crippen LogP contribution in [-0.4, -0.2) is 37.2 Å². The number of anilines is 3. The standard InChI is InChI=1S/C30H27N3O2P2/c1-31-25-20-12-13-21-26(25)32(2)37(31)28-27(29(34)33(30(28)35)22-14-6-3-7-15-22)36(23-16-8-4-9-17-23)24-18-10-5-11-19-24/h3-21,27-28H,1-2H3. The molecule has 1 fully saturated rings. The average molecular weight is 524 g/mol. The summed E-state index contributed by atoms with van der Waals surface area (Å²) in [5.41, 5.74) is 1.85. The SMILES string of the molecule is CN1c2ccccc2N(C)P1C1C(=O)N(c2ccccc2)C(=O)C1P(c1ccccc1)c1ccccc1. The Labute approximate surface area is 219 Å². The van der Waals surface area contributed by atoms with Crippen molar-refractivity contribution in [3.8, 4) is 0 Å². The van der Waals surface area contributed by atoms with Gasteiger partial charge in [-0.25, -0.2) is 4.90 Å². The van der Waals surface area contributed by atoms with Gasteiger partial charge in [-0.3, -0.25) is 9.59 Å². The molecule has 0 aromatic heterocycles. The molecule has 2 amide bonds. The summed E-state index contributed by atoms with van der Waals surface area (Å²) in [6, 6.07) is 38.1. The van der Waals surface area contributed by atoms with E-state index in [2.05, 4.69) is 59.8 Å². The normalized spacial score (nSPS) is 19.7. The molecule has 6 rings (SSSR count). The third-order valence-corrected chi connectivity index (χ3v) is 12.7. The van der Waals surface area contributed by atoms with E-state index in [9.17, 15) is 9.59 Å². The molecule has 4 aromatic rings. The van der Waals surface area contributed by atoms with Crippen molar-refractivity contribution in [2.24, 2.45) is 0 Å². The molecule has 184 valence electrons. The van der Waals surface area contributed by atoms with Gasteiger partial charge in [-0.15, -0.1) is 0 Å². The van der Waals surface area contributed by atoms with Crippen LogP contribution in [0.3, 0.4) is 0 Å². The Morgan fingerprint density at radius 2 is 1.03 bits per heavy atom. The maximum atomic E-state index is 14.5. The minimum Gasteiger partial charge on any atom is -0.334 e. The first-order chi connectivity index (χ1) is 18.1. The highest BCUT2D eigenvalue weighted by Gasteiger charge is 2.58. The molecule has 2 unspecified atom stereocenters. The zero-order valence-electron chi connectivity index (χ0n) is 20.7. The summed E-state index contributed by atoms with van der Waals surface area (Å²) in [4.78, 5) is 30.3. The van der Waals surface area contributed by atoms with Crippen LogP contribution in [0.5, 0.6) is 0 Å². The quantitative estimate of drug-likeness (QED) is 0.262. The van der Waals surface area contributed by atoms with Gasteiger partial charge in [0.25, 0.3) is 0 Å². The highest BCUT2D eigenvalue weighted by Crippen LogP contribution is 2.65. The summed E-state index contributed by atoms with van der Waals surface area (Å²) in [6.07, 6.45) is 0. The molecule has 2 heterocycles. The molecule has 0 bridgehead atoms. The molecule has 1 saturated heterocycles. The predicted molar refractivity (Wildman–Crippen MR) is 156 cm³/mol. The fourth-order valence-electron chi connectivity index (χ4n) is 5.41. The van der Waals surface area contributed by atoms with E-state index in [1.165, 1.54) is 4.90 Å². The minimum absolute atomic E-state index is 0.111. The second-order valence-electron chi connectivity index (χ2n) is 9.13. The summed E-state index contributed by atoms with van der Waals surface area (Å²) < 4.78 is 4.46. The van der Waals surface area contributed by atoms with E-state index in [0.29, 0.717) is 5.69 Å². The van der Waals surface area contributed by atoms with E-state index in [0.717, 1.165) is 22.0 Å². The zero-order chi connectivity index (χ0) is 25.5. The van der Waals surface area contributed by atoms with E-state index < -0.39 is 27.5 Å². The zero-order valence-corrected chi connectivity index (χ0v) is 22.5. The highest BCUT2D eigenvalue weighted by molar-refractivity contribution is 7.76. The Balaban J connectivity index is 1.54. The van der Waals surface area contributed by atoms with Crippen molar-refractivity contribution in [2.45, 2.75) is 11.3 Å². The van der Waals surface area contributed by atoms with E-state index >= 15 is 0 Å². The van der Waals surface area contributed by atoms with Crippen LogP contribution in [0.4, 0.5) is 17.1 Å². The first-order valence-corrected chi connectivity index (χ1v) is 15.0. The van der Waals surface area contributed by atoms with E-state index in [4.69, 9.17) is 0 Å². The van der Waals surface area contributed by atoms with Gasteiger partial charge in [0.05, 0.1) is 22.7 Å². The molecule has 0 spiro atoms. The number of amides is 2. The highest BCUT2D eigenvalue weighted by atomic mass is 31.1. The van der Waals surface area contributed by atoms with E-state index in [1.54, 1.807) is 0 Å².